The summed E-state index contributed by atoms with van der Waals surface area (Å²) in [5.74, 6) is 2.15. The van der Waals surface area contributed by atoms with Gasteiger partial charge in [0.05, 0.1) is 11.0 Å². The number of piperidine rings is 1. The van der Waals surface area contributed by atoms with Crippen molar-refractivity contribution in [3.05, 3.63) is 40.6 Å². The van der Waals surface area contributed by atoms with Crippen LogP contribution in [0.15, 0.2) is 23.2 Å². The fourth-order valence-electron chi connectivity index (χ4n) is 7.03. The smallest absolute Gasteiger partial charge is 0.319 e. The van der Waals surface area contributed by atoms with Gasteiger partial charge in [-0.2, -0.15) is 20.2 Å². The van der Waals surface area contributed by atoms with E-state index in [1.807, 2.05) is 13.0 Å². The lowest BCUT2D eigenvalue weighted by Gasteiger charge is -2.35. The summed E-state index contributed by atoms with van der Waals surface area (Å²) in [6.07, 6.45) is 6.32. The molecule has 0 radical (unpaired) electrons. The highest BCUT2D eigenvalue weighted by molar-refractivity contribution is 7.16. The number of carbonyl (C=O) groups excluding carboxylic acids is 1. The van der Waals surface area contributed by atoms with E-state index in [-0.39, 0.29) is 11.9 Å². The fourth-order valence-corrected chi connectivity index (χ4v) is 8.22. The van der Waals surface area contributed by atoms with Crippen LogP contribution < -0.4 is 15.4 Å². The molecule has 1 amide bonds. The Balaban J connectivity index is 1.19. The molecule has 3 aromatic rings. The first-order chi connectivity index (χ1) is 20.8. The van der Waals surface area contributed by atoms with Gasteiger partial charge in [-0.05, 0) is 58.1 Å². The van der Waals surface area contributed by atoms with Gasteiger partial charge in [0.25, 0.3) is 0 Å². The number of ether oxygens (including phenoxy) is 1. The summed E-state index contributed by atoms with van der Waals surface area (Å²) >= 11 is 1.47. The SMILES string of the molecule is C=CC(=O)N1CCN(c2cc(-c3noc([C@@]4(C)CCCc5sc(N)c(C#N)c54)n3)nc(OC[C@@H]3C[C@@H]4C[C@@H]4N3C)n2)CC1. The van der Waals surface area contributed by atoms with Gasteiger partial charge in [0.2, 0.25) is 17.6 Å². The van der Waals surface area contributed by atoms with Crippen LogP contribution in [0.1, 0.15) is 54.5 Å². The number of nitrogen functional groups attached to an aromatic ring is 1. The lowest BCUT2D eigenvalue weighted by Crippen LogP contribution is -2.48. The van der Waals surface area contributed by atoms with E-state index in [0.717, 1.165) is 42.0 Å². The number of anilines is 2. The minimum atomic E-state index is -0.630. The van der Waals surface area contributed by atoms with Gasteiger partial charge >= 0.3 is 6.01 Å². The molecule has 43 heavy (non-hydrogen) atoms. The first kappa shape index (κ1) is 27.8. The molecule has 3 fully saturated rings. The number of nitrogens with zero attached hydrogens (tertiary/aromatic N) is 8. The third kappa shape index (κ3) is 4.82. The minimum Gasteiger partial charge on any atom is -0.462 e. The van der Waals surface area contributed by atoms with Crippen molar-refractivity contribution in [3.8, 4) is 23.6 Å². The molecule has 0 aromatic carbocycles. The van der Waals surface area contributed by atoms with Crippen LogP contribution in [0.4, 0.5) is 10.8 Å². The van der Waals surface area contributed by atoms with E-state index in [1.54, 1.807) is 4.90 Å². The molecule has 12 nitrogen and oxygen atoms in total. The Morgan fingerprint density at radius 1 is 1.30 bits per heavy atom. The molecule has 2 aliphatic carbocycles. The van der Waals surface area contributed by atoms with E-state index in [2.05, 4.69) is 34.7 Å². The van der Waals surface area contributed by atoms with Gasteiger partial charge in [-0.25, -0.2) is 0 Å². The summed E-state index contributed by atoms with van der Waals surface area (Å²) < 4.78 is 12.1. The molecule has 4 atom stereocenters. The largest absolute Gasteiger partial charge is 0.462 e. The lowest BCUT2D eigenvalue weighted by atomic mass is 9.72. The second-order valence-corrected chi connectivity index (χ2v) is 13.3. The Bertz CT molecular complexity index is 1620. The predicted octanol–water partition coefficient (Wildman–Crippen LogP) is 2.99. The standard InChI is InChI=1S/C30H35N9O3S/c1-4-24(40)39-10-8-38(9-11-39)23-14-20(33-29(34-23)41-16-18-12-17-13-21(17)37(18)3)27-35-28(42-36-27)30(2)7-5-6-22-25(30)19(15-31)26(32)43-22/h4,14,17-18,21H,1,5-13,16,32H2,2-3H3/t17-,18+,21+,30+/m1/s1. The highest BCUT2D eigenvalue weighted by Gasteiger charge is 2.50. The number of hydrogen-bond donors (Lipinski definition) is 1. The van der Waals surface area contributed by atoms with E-state index in [0.29, 0.717) is 78.7 Å². The first-order valence-corrected chi connectivity index (χ1v) is 15.7. The van der Waals surface area contributed by atoms with E-state index in [9.17, 15) is 10.1 Å². The van der Waals surface area contributed by atoms with Crippen LogP contribution in [0.25, 0.3) is 11.5 Å². The second kappa shape index (κ2) is 10.6. The van der Waals surface area contributed by atoms with Crippen LogP contribution in [0.3, 0.4) is 0 Å². The van der Waals surface area contributed by atoms with Crippen LogP contribution in [0.2, 0.25) is 0 Å². The summed E-state index contributed by atoms with van der Waals surface area (Å²) in [6, 6.07) is 5.41. The second-order valence-electron chi connectivity index (χ2n) is 12.2. The van der Waals surface area contributed by atoms with Crippen molar-refractivity contribution in [2.24, 2.45) is 5.92 Å². The molecule has 2 aliphatic heterocycles. The Morgan fingerprint density at radius 3 is 2.84 bits per heavy atom. The van der Waals surface area contributed by atoms with Crippen molar-refractivity contribution in [2.45, 2.75) is 56.5 Å². The molecule has 2 saturated heterocycles. The number of rotatable bonds is 7. The molecule has 5 heterocycles. The molecule has 7 rings (SSSR count). The lowest BCUT2D eigenvalue weighted by molar-refractivity contribution is -0.126. The van der Waals surface area contributed by atoms with Crippen molar-refractivity contribution in [3.63, 3.8) is 0 Å². The van der Waals surface area contributed by atoms with Gasteiger partial charge in [-0.1, -0.05) is 11.7 Å². The molecule has 3 aromatic heterocycles. The maximum atomic E-state index is 12.1. The third-order valence-corrected chi connectivity index (χ3v) is 10.7. The predicted molar refractivity (Wildman–Crippen MR) is 161 cm³/mol. The van der Waals surface area contributed by atoms with Gasteiger partial charge in [0.15, 0.2) is 0 Å². The van der Waals surface area contributed by atoms with Gasteiger partial charge < -0.3 is 24.8 Å². The average molecular weight is 602 g/mol. The van der Waals surface area contributed by atoms with Gasteiger partial charge in [0, 0.05) is 54.8 Å². The number of likely N-dealkylation sites (N-methyl/N-ethyl adjacent to an activating group) is 1. The summed E-state index contributed by atoms with van der Waals surface area (Å²) in [5, 5.41) is 14.8. The maximum Gasteiger partial charge on any atom is 0.319 e. The number of nitriles is 1. The van der Waals surface area contributed by atoms with Crippen LogP contribution in [-0.2, 0) is 16.6 Å². The van der Waals surface area contributed by atoms with Crippen molar-refractivity contribution < 1.29 is 14.1 Å². The number of fused-ring (bicyclic) bond motifs is 2. The summed E-state index contributed by atoms with van der Waals surface area (Å²) in [5.41, 5.74) is 7.49. The molecule has 13 heteroatoms. The molecular formula is C30H35N9O3S. The number of thiophene rings is 1. The van der Waals surface area contributed by atoms with Crippen LogP contribution >= 0.6 is 11.3 Å². The van der Waals surface area contributed by atoms with E-state index >= 15 is 0 Å². The van der Waals surface area contributed by atoms with Crippen LogP contribution in [0.5, 0.6) is 6.01 Å². The molecule has 2 N–H and O–H groups in total. The Labute approximate surface area is 254 Å². The van der Waals surface area contributed by atoms with E-state index in [1.165, 1.54) is 23.8 Å². The topological polar surface area (TPSA) is 151 Å². The molecule has 1 saturated carbocycles. The van der Waals surface area contributed by atoms with E-state index in [4.69, 9.17) is 29.9 Å². The monoisotopic (exact) mass is 601 g/mol. The van der Waals surface area contributed by atoms with Crippen molar-refractivity contribution in [1.82, 2.24) is 29.9 Å². The Hall–Kier alpha value is -4.02. The number of nitrogens with two attached hydrogens (primary N) is 1. The average Bonchev–Trinajstić information content (AvgIpc) is 3.31. The highest BCUT2D eigenvalue weighted by Crippen LogP contribution is 2.49. The number of piperazine rings is 1. The number of aromatic nitrogens is 4. The summed E-state index contributed by atoms with van der Waals surface area (Å²) in [4.78, 5) is 33.9. The summed E-state index contributed by atoms with van der Waals surface area (Å²) in [6.45, 7) is 8.50. The van der Waals surface area contributed by atoms with Gasteiger partial charge in [0.1, 0.15) is 29.2 Å². The number of hydrogen-bond acceptors (Lipinski definition) is 12. The molecule has 0 spiro atoms. The number of aryl methyl sites for hydroxylation is 1. The van der Waals surface area contributed by atoms with Gasteiger partial charge in [-0.15, -0.1) is 11.3 Å². The highest BCUT2D eigenvalue weighted by atomic mass is 32.1. The Kier molecular flexibility index (Phi) is 6.85. The quantitative estimate of drug-likeness (QED) is 0.398. The minimum absolute atomic E-state index is 0.0728. The van der Waals surface area contributed by atoms with Crippen LogP contribution in [0, 0.1) is 17.2 Å². The molecule has 4 aliphatic rings. The van der Waals surface area contributed by atoms with Crippen molar-refractivity contribution in [1.29, 1.82) is 5.26 Å². The Morgan fingerprint density at radius 2 is 2.12 bits per heavy atom. The van der Waals surface area contributed by atoms with Gasteiger partial charge in [-0.3, -0.25) is 9.69 Å². The molecule has 0 bridgehead atoms. The maximum absolute atomic E-state index is 12.1. The normalized spacial score (nSPS) is 26.5. The zero-order valence-corrected chi connectivity index (χ0v) is 25.3. The first-order valence-electron chi connectivity index (χ1n) is 14.9. The number of carbonyl (C=O) groups is 1. The van der Waals surface area contributed by atoms with E-state index < -0.39 is 5.41 Å². The molecule has 224 valence electrons. The number of amides is 1. The third-order valence-electron chi connectivity index (χ3n) is 9.63. The zero-order chi connectivity index (χ0) is 29.9. The van der Waals surface area contributed by atoms with Crippen LogP contribution in [-0.4, -0.2) is 87.7 Å². The number of likely N-dealkylation sites (tertiary alicyclic amines) is 1. The molecular weight excluding hydrogens is 566 g/mol. The molecule has 0 unspecified atom stereocenters. The summed E-state index contributed by atoms with van der Waals surface area (Å²) in [7, 11) is 2.16. The zero-order valence-electron chi connectivity index (χ0n) is 24.5. The van der Waals surface area contributed by atoms with Crippen molar-refractivity contribution >= 4 is 28.1 Å². The fraction of sp³-hybridized carbons (Fsp3) is 0.533. The van der Waals surface area contributed by atoms with Crippen molar-refractivity contribution in [2.75, 3.05) is 50.5 Å².